The Labute approximate surface area is 231 Å². The average Bonchev–Trinajstić information content (AvgIpc) is 3.52. The molecule has 2 aromatic carbocycles. The number of aliphatic hydroxyl groups excluding tert-OH is 1. The van der Waals surface area contributed by atoms with E-state index in [1.165, 1.54) is 7.11 Å². The van der Waals surface area contributed by atoms with Crippen molar-refractivity contribution in [2.75, 3.05) is 20.2 Å². The molecule has 1 aliphatic rings. The summed E-state index contributed by atoms with van der Waals surface area (Å²) in [5, 5.41) is 24.5. The molecule has 0 spiro atoms. The first-order valence-corrected chi connectivity index (χ1v) is 13.0. The fraction of sp³-hybridized carbons (Fsp3) is 0.429. The number of nitrogens with zero attached hydrogens (tertiary/aromatic N) is 3. The first kappa shape index (κ1) is 28.4. The van der Waals surface area contributed by atoms with Gasteiger partial charge in [0.25, 0.3) is 5.89 Å². The predicted octanol–water partition coefficient (Wildman–Crippen LogP) is 4.40. The molecule has 4 atom stereocenters. The molecule has 4 rings (SSSR count). The van der Waals surface area contributed by atoms with Gasteiger partial charge in [-0.3, -0.25) is 9.59 Å². The van der Waals surface area contributed by atoms with Gasteiger partial charge in [-0.15, -0.1) is 0 Å². The second-order valence-electron chi connectivity index (χ2n) is 10.2. The van der Waals surface area contributed by atoms with Crippen LogP contribution >= 0.6 is 11.6 Å². The van der Waals surface area contributed by atoms with E-state index >= 15 is 0 Å². The Morgan fingerprint density at radius 1 is 1.21 bits per heavy atom. The zero-order valence-corrected chi connectivity index (χ0v) is 23.0. The van der Waals surface area contributed by atoms with Crippen molar-refractivity contribution in [3.8, 4) is 22.9 Å². The van der Waals surface area contributed by atoms with Gasteiger partial charge in [0.2, 0.25) is 11.7 Å². The fourth-order valence-electron chi connectivity index (χ4n) is 4.95. The van der Waals surface area contributed by atoms with Gasteiger partial charge >= 0.3 is 5.97 Å². The lowest BCUT2D eigenvalue weighted by Crippen LogP contribution is -2.39. The summed E-state index contributed by atoms with van der Waals surface area (Å²) in [4.78, 5) is 30.2. The molecular weight excluding hydrogens is 526 g/mol. The van der Waals surface area contributed by atoms with Crippen LogP contribution in [-0.4, -0.2) is 63.4 Å². The number of benzene rings is 2. The molecule has 0 aliphatic carbocycles. The third-order valence-corrected chi connectivity index (χ3v) is 7.66. The maximum atomic E-state index is 13.0. The molecule has 11 heteroatoms. The zero-order valence-electron chi connectivity index (χ0n) is 22.3. The van der Waals surface area contributed by atoms with E-state index in [0.29, 0.717) is 35.4 Å². The minimum Gasteiger partial charge on any atom is -0.493 e. The van der Waals surface area contributed by atoms with Crippen molar-refractivity contribution in [2.24, 2.45) is 11.3 Å². The molecule has 39 heavy (non-hydrogen) atoms. The van der Waals surface area contributed by atoms with E-state index in [1.54, 1.807) is 49.1 Å². The van der Waals surface area contributed by atoms with Gasteiger partial charge in [-0.1, -0.05) is 36.7 Å². The van der Waals surface area contributed by atoms with Crippen LogP contribution in [0.15, 0.2) is 47.0 Å². The number of aliphatic carboxylic acids is 1. The predicted molar refractivity (Wildman–Crippen MR) is 143 cm³/mol. The van der Waals surface area contributed by atoms with Crippen LogP contribution in [-0.2, 0) is 16.2 Å². The van der Waals surface area contributed by atoms with Crippen molar-refractivity contribution >= 4 is 23.5 Å². The van der Waals surface area contributed by atoms with Crippen LogP contribution in [0, 0.1) is 11.3 Å². The number of carbonyl (C=O) groups is 2. The van der Waals surface area contributed by atoms with Crippen LogP contribution in [0.3, 0.4) is 0 Å². The number of halogens is 1. The number of hydrogen-bond acceptors (Lipinski definition) is 8. The summed E-state index contributed by atoms with van der Waals surface area (Å²) < 4.78 is 16.9. The average molecular weight is 558 g/mol. The molecule has 2 N–H and O–H groups in total. The second kappa shape index (κ2) is 11.6. The minimum absolute atomic E-state index is 0.00391. The van der Waals surface area contributed by atoms with E-state index < -0.39 is 23.4 Å². The third kappa shape index (κ3) is 6.17. The Kier molecular flexibility index (Phi) is 8.46. The summed E-state index contributed by atoms with van der Waals surface area (Å²) in [5.41, 5.74) is 0.942. The van der Waals surface area contributed by atoms with Gasteiger partial charge < -0.3 is 29.1 Å². The number of carboxylic acids is 1. The smallest absolute Gasteiger partial charge is 0.304 e. The lowest BCUT2D eigenvalue weighted by atomic mass is 9.72. The minimum atomic E-state index is -1.02. The number of carbonyl (C=O) groups excluding carboxylic acids is 1. The van der Waals surface area contributed by atoms with Crippen molar-refractivity contribution in [2.45, 2.75) is 45.8 Å². The number of amides is 1. The molecule has 0 bridgehead atoms. The highest BCUT2D eigenvalue weighted by Gasteiger charge is 2.49. The highest BCUT2D eigenvalue weighted by atomic mass is 35.5. The van der Waals surface area contributed by atoms with Crippen molar-refractivity contribution in [1.29, 1.82) is 0 Å². The van der Waals surface area contributed by atoms with Gasteiger partial charge in [-0.05, 0) is 48.9 Å². The van der Waals surface area contributed by atoms with E-state index in [2.05, 4.69) is 10.1 Å². The van der Waals surface area contributed by atoms with Crippen molar-refractivity contribution in [3.63, 3.8) is 0 Å². The number of ether oxygens (including phenoxy) is 2. The zero-order chi connectivity index (χ0) is 28.3. The maximum Gasteiger partial charge on any atom is 0.304 e. The normalized spacial score (nSPS) is 20.5. The van der Waals surface area contributed by atoms with Gasteiger partial charge in [0.15, 0.2) is 18.1 Å². The molecule has 10 nitrogen and oxygen atoms in total. The number of rotatable bonds is 10. The summed E-state index contributed by atoms with van der Waals surface area (Å²) in [6.45, 7) is 5.88. The van der Waals surface area contributed by atoms with Crippen LogP contribution in [0.1, 0.15) is 44.6 Å². The van der Waals surface area contributed by atoms with Crippen LogP contribution in [0.4, 0.5) is 0 Å². The molecule has 0 unspecified atom stereocenters. The van der Waals surface area contributed by atoms with Gasteiger partial charge in [0, 0.05) is 40.9 Å². The summed E-state index contributed by atoms with van der Waals surface area (Å²) in [6.07, 6.45) is -0.979. The molecule has 208 valence electrons. The number of methoxy groups -OCH3 is 1. The van der Waals surface area contributed by atoms with E-state index in [0.717, 1.165) is 11.1 Å². The maximum absolute atomic E-state index is 13.0. The van der Waals surface area contributed by atoms with Crippen LogP contribution in [0.2, 0.25) is 5.02 Å². The largest absolute Gasteiger partial charge is 0.493 e. The number of likely N-dealkylation sites (tertiary alicyclic amines) is 1. The molecule has 2 heterocycles. The lowest BCUT2D eigenvalue weighted by Gasteiger charge is -2.34. The van der Waals surface area contributed by atoms with Crippen LogP contribution in [0.25, 0.3) is 11.4 Å². The van der Waals surface area contributed by atoms with Crippen LogP contribution in [0.5, 0.6) is 11.5 Å². The molecular formula is C28H32ClN3O7. The monoisotopic (exact) mass is 557 g/mol. The van der Waals surface area contributed by atoms with Crippen molar-refractivity contribution in [3.05, 3.63) is 58.9 Å². The van der Waals surface area contributed by atoms with Gasteiger partial charge in [-0.2, -0.15) is 4.98 Å². The van der Waals surface area contributed by atoms with E-state index in [1.807, 2.05) is 19.1 Å². The van der Waals surface area contributed by atoms with Gasteiger partial charge in [-0.25, -0.2) is 0 Å². The molecule has 0 saturated carbocycles. The van der Waals surface area contributed by atoms with Gasteiger partial charge in [0.1, 0.15) is 0 Å². The summed E-state index contributed by atoms with van der Waals surface area (Å²) in [7, 11) is 1.53. The Balaban J connectivity index is 1.54. The number of aromatic nitrogens is 2. The highest BCUT2D eigenvalue weighted by Crippen LogP contribution is 2.47. The SMILES string of the molecule is COc1ccc([C@@H]2CN(C(=O)[C@@H](C)CC(=O)O)C[C@@]2(C)[C@@H](C)O)cc1OCc1nc(-c2ccc(Cl)cc2)no1. The van der Waals surface area contributed by atoms with E-state index in [4.69, 9.17) is 30.7 Å². The highest BCUT2D eigenvalue weighted by molar-refractivity contribution is 6.30. The van der Waals surface area contributed by atoms with E-state index in [9.17, 15) is 14.7 Å². The van der Waals surface area contributed by atoms with Crippen molar-refractivity contribution < 1.29 is 33.8 Å². The number of carboxylic acid groups (broad SMARTS) is 1. The summed E-state index contributed by atoms with van der Waals surface area (Å²) in [6, 6.07) is 12.6. The Morgan fingerprint density at radius 2 is 1.92 bits per heavy atom. The lowest BCUT2D eigenvalue weighted by molar-refractivity contribution is -0.143. The molecule has 0 radical (unpaired) electrons. The Hall–Kier alpha value is -3.63. The van der Waals surface area contributed by atoms with Crippen LogP contribution < -0.4 is 9.47 Å². The Bertz CT molecular complexity index is 1330. The summed E-state index contributed by atoms with van der Waals surface area (Å²) in [5.74, 6) is -0.548. The molecule has 1 aliphatic heterocycles. The topological polar surface area (TPSA) is 135 Å². The van der Waals surface area contributed by atoms with Gasteiger partial charge in [0.05, 0.1) is 19.6 Å². The first-order chi connectivity index (χ1) is 18.5. The molecule has 1 aromatic heterocycles. The second-order valence-corrected chi connectivity index (χ2v) is 10.6. The molecule has 3 aromatic rings. The molecule has 1 amide bonds. The third-order valence-electron chi connectivity index (χ3n) is 7.41. The summed E-state index contributed by atoms with van der Waals surface area (Å²) >= 11 is 5.95. The van der Waals surface area contributed by atoms with E-state index in [-0.39, 0.29) is 30.7 Å². The standard InChI is InChI=1S/C28H32ClN3O7/c1-16(11-25(34)35)27(36)32-13-21(28(3,15-32)17(2)33)19-7-10-22(37-4)23(12-19)38-14-24-30-26(31-39-24)18-5-8-20(29)9-6-18/h5-10,12,16-17,21,33H,11,13-15H2,1-4H3,(H,34,35)/t16-,17+,21-,28-/m0/s1. The van der Waals surface area contributed by atoms with Crippen molar-refractivity contribution in [1.82, 2.24) is 15.0 Å². The number of hydrogen-bond donors (Lipinski definition) is 2. The number of aliphatic hydroxyl groups is 1. The molecule has 1 fully saturated rings. The quantitative estimate of drug-likeness (QED) is 0.371. The fourth-order valence-corrected chi connectivity index (χ4v) is 5.07. The Morgan fingerprint density at radius 3 is 2.56 bits per heavy atom. The molecule has 1 saturated heterocycles. The first-order valence-electron chi connectivity index (χ1n) is 12.6.